The first-order valence-electron chi connectivity index (χ1n) is 5.23. The van der Waals surface area contributed by atoms with Gasteiger partial charge in [0.15, 0.2) is 5.65 Å². The van der Waals surface area contributed by atoms with Crippen LogP contribution in [0.4, 0.5) is 4.39 Å². The molecule has 0 aliphatic carbocycles. The molecule has 0 fully saturated rings. The molecule has 2 aromatic heterocycles. The Kier molecular flexibility index (Phi) is 2.95. The molecule has 90 valence electrons. The molecule has 3 aromatic rings. The number of hydrogen-bond donors (Lipinski definition) is 0. The second-order valence-electron chi connectivity index (χ2n) is 3.87. The fraction of sp³-hybridized carbons (Fsp3) is 0. The van der Waals surface area contributed by atoms with E-state index in [1.54, 1.807) is 6.07 Å². The fourth-order valence-electron chi connectivity index (χ4n) is 1.81. The Labute approximate surface area is 120 Å². The largest absolute Gasteiger partial charge is 0.304 e. The third kappa shape index (κ3) is 2.08. The molecule has 0 saturated heterocycles. The minimum atomic E-state index is -0.259. The van der Waals surface area contributed by atoms with Crippen LogP contribution >= 0.6 is 31.9 Å². The summed E-state index contributed by atoms with van der Waals surface area (Å²) < 4.78 is 16.9. The second kappa shape index (κ2) is 4.48. The number of imidazole rings is 1. The normalized spacial score (nSPS) is 11.1. The van der Waals surface area contributed by atoms with Crippen molar-refractivity contribution in [3.8, 4) is 11.3 Å². The lowest BCUT2D eigenvalue weighted by Gasteiger charge is -1.96. The predicted molar refractivity (Wildman–Crippen MR) is 76.0 cm³/mol. The summed E-state index contributed by atoms with van der Waals surface area (Å²) in [6, 6.07) is 8.35. The molecule has 0 spiro atoms. The minimum Gasteiger partial charge on any atom is -0.304 e. The van der Waals surface area contributed by atoms with Gasteiger partial charge in [-0.1, -0.05) is 12.1 Å². The molecule has 5 heteroatoms. The molecule has 0 amide bonds. The average molecular weight is 370 g/mol. The third-order valence-electron chi connectivity index (χ3n) is 2.59. The molecule has 3 rings (SSSR count). The number of hydrogen-bond acceptors (Lipinski definition) is 1. The molecule has 0 radical (unpaired) electrons. The van der Waals surface area contributed by atoms with Crippen LogP contribution in [0.25, 0.3) is 16.9 Å². The molecular weight excluding hydrogens is 363 g/mol. The van der Waals surface area contributed by atoms with Gasteiger partial charge in [0, 0.05) is 22.4 Å². The van der Waals surface area contributed by atoms with E-state index in [0.717, 1.165) is 25.8 Å². The standard InChI is InChI=1S/C13H7Br2FN2/c14-9-5-11(15)13-17-12(7-18(13)6-9)8-2-1-3-10(16)4-8/h1-7H. The molecule has 2 heterocycles. The van der Waals surface area contributed by atoms with Gasteiger partial charge < -0.3 is 4.40 Å². The Bertz CT molecular complexity index is 737. The average Bonchev–Trinajstić information content (AvgIpc) is 2.73. The first kappa shape index (κ1) is 11.9. The lowest BCUT2D eigenvalue weighted by Crippen LogP contribution is -1.83. The number of aromatic nitrogens is 2. The third-order valence-corrected chi connectivity index (χ3v) is 3.61. The van der Waals surface area contributed by atoms with Crippen molar-refractivity contribution in [2.45, 2.75) is 0 Å². The Morgan fingerprint density at radius 1 is 1.11 bits per heavy atom. The molecule has 0 unspecified atom stereocenters. The Hall–Kier alpha value is -1.20. The summed E-state index contributed by atoms with van der Waals surface area (Å²) in [5.41, 5.74) is 2.31. The Morgan fingerprint density at radius 2 is 1.94 bits per heavy atom. The van der Waals surface area contributed by atoms with Crippen LogP contribution in [-0.4, -0.2) is 9.38 Å². The van der Waals surface area contributed by atoms with Crippen molar-refractivity contribution in [1.29, 1.82) is 0 Å². The number of rotatable bonds is 1. The molecule has 0 atom stereocenters. The second-order valence-corrected chi connectivity index (χ2v) is 5.64. The SMILES string of the molecule is Fc1cccc(-c2cn3cc(Br)cc(Br)c3n2)c1. The highest BCUT2D eigenvalue weighted by Crippen LogP contribution is 2.26. The van der Waals surface area contributed by atoms with Gasteiger partial charge in [-0.3, -0.25) is 0 Å². The first-order valence-corrected chi connectivity index (χ1v) is 6.82. The zero-order valence-corrected chi connectivity index (χ0v) is 12.2. The van der Waals surface area contributed by atoms with Crippen molar-refractivity contribution in [2.24, 2.45) is 0 Å². The summed E-state index contributed by atoms with van der Waals surface area (Å²) in [6.07, 6.45) is 3.79. The van der Waals surface area contributed by atoms with E-state index >= 15 is 0 Å². The topological polar surface area (TPSA) is 17.3 Å². The van der Waals surface area contributed by atoms with Gasteiger partial charge in [0.25, 0.3) is 0 Å². The van der Waals surface area contributed by atoms with E-state index in [9.17, 15) is 4.39 Å². The summed E-state index contributed by atoms with van der Waals surface area (Å²) in [7, 11) is 0. The van der Waals surface area contributed by atoms with E-state index in [0.29, 0.717) is 0 Å². The zero-order chi connectivity index (χ0) is 12.7. The molecule has 0 saturated carbocycles. The van der Waals surface area contributed by atoms with Gasteiger partial charge in [0.05, 0.1) is 10.2 Å². The maximum absolute atomic E-state index is 13.2. The van der Waals surface area contributed by atoms with E-state index in [1.165, 1.54) is 12.1 Å². The number of benzene rings is 1. The van der Waals surface area contributed by atoms with Crippen molar-refractivity contribution in [3.05, 3.63) is 57.5 Å². The summed E-state index contributed by atoms with van der Waals surface area (Å²) in [6.45, 7) is 0. The molecule has 0 N–H and O–H groups in total. The van der Waals surface area contributed by atoms with Crippen LogP contribution in [0.5, 0.6) is 0 Å². The van der Waals surface area contributed by atoms with Gasteiger partial charge in [0.2, 0.25) is 0 Å². The molecular formula is C13H7Br2FN2. The molecule has 0 aliphatic rings. The monoisotopic (exact) mass is 368 g/mol. The van der Waals surface area contributed by atoms with E-state index in [2.05, 4.69) is 36.8 Å². The molecule has 0 aliphatic heterocycles. The summed E-state index contributed by atoms with van der Waals surface area (Å²) >= 11 is 6.88. The van der Waals surface area contributed by atoms with Crippen LogP contribution < -0.4 is 0 Å². The first-order chi connectivity index (χ1) is 8.63. The van der Waals surface area contributed by atoms with E-state index < -0.39 is 0 Å². The van der Waals surface area contributed by atoms with Crippen LogP contribution in [0, 0.1) is 5.82 Å². The maximum Gasteiger partial charge on any atom is 0.151 e. The molecule has 18 heavy (non-hydrogen) atoms. The van der Waals surface area contributed by atoms with E-state index in [4.69, 9.17) is 0 Å². The van der Waals surface area contributed by atoms with Crippen molar-refractivity contribution in [3.63, 3.8) is 0 Å². The molecule has 0 bridgehead atoms. The van der Waals surface area contributed by atoms with Crippen molar-refractivity contribution in [1.82, 2.24) is 9.38 Å². The van der Waals surface area contributed by atoms with Gasteiger partial charge in [-0.25, -0.2) is 9.37 Å². The Morgan fingerprint density at radius 3 is 2.72 bits per heavy atom. The highest BCUT2D eigenvalue weighted by molar-refractivity contribution is 9.11. The lowest BCUT2D eigenvalue weighted by atomic mass is 10.2. The summed E-state index contributed by atoms with van der Waals surface area (Å²) in [4.78, 5) is 4.49. The van der Waals surface area contributed by atoms with Crippen LogP contribution in [0.3, 0.4) is 0 Å². The van der Waals surface area contributed by atoms with Crippen molar-refractivity contribution >= 4 is 37.5 Å². The molecule has 2 nitrogen and oxygen atoms in total. The highest BCUT2D eigenvalue weighted by atomic mass is 79.9. The number of halogens is 3. The van der Waals surface area contributed by atoms with Gasteiger partial charge >= 0.3 is 0 Å². The van der Waals surface area contributed by atoms with Gasteiger partial charge in [-0.2, -0.15) is 0 Å². The van der Waals surface area contributed by atoms with Crippen molar-refractivity contribution < 1.29 is 4.39 Å². The number of pyridine rings is 1. The summed E-state index contributed by atoms with van der Waals surface area (Å²) in [5.74, 6) is -0.259. The smallest absolute Gasteiger partial charge is 0.151 e. The fourth-order valence-corrected chi connectivity index (χ4v) is 3.11. The number of nitrogens with zero attached hydrogens (tertiary/aromatic N) is 2. The van der Waals surface area contributed by atoms with Gasteiger partial charge in [-0.05, 0) is 50.1 Å². The minimum absolute atomic E-state index is 0.259. The van der Waals surface area contributed by atoms with E-state index in [1.807, 2.05) is 28.9 Å². The van der Waals surface area contributed by atoms with Crippen molar-refractivity contribution in [2.75, 3.05) is 0 Å². The molecule has 1 aromatic carbocycles. The quantitative estimate of drug-likeness (QED) is 0.609. The van der Waals surface area contributed by atoms with Crippen LogP contribution in [0.1, 0.15) is 0 Å². The van der Waals surface area contributed by atoms with Gasteiger partial charge in [0.1, 0.15) is 5.82 Å². The highest BCUT2D eigenvalue weighted by Gasteiger charge is 2.08. The van der Waals surface area contributed by atoms with Crippen LogP contribution in [-0.2, 0) is 0 Å². The van der Waals surface area contributed by atoms with Crippen LogP contribution in [0.2, 0.25) is 0 Å². The van der Waals surface area contributed by atoms with Crippen LogP contribution in [0.15, 0.2) is 51.7 Å². The summed E-state index contributed by atoms with van der Waals surface area (Å²) in [5, 5.41) is 0. The zero-order valence-electron chi connectivity index (χ0n) is 9.07. The Balaban J connectivity index is 2.22. The predicted octanol–water partition coefficient (Wildman–Crippen LogP) is 4.67. The maximum atomic E-state index is 13.2. The van der Waals surface area contributed by atoms with E-state index in [-0.39, 0.29) is 5.82 Å². The van der Waals surface area contributed by atoms with Gasteiger partial charge in [-0.15, -0.1) is 0 Å². The lowest BCUT2D eigenvalue weighted by molar-refractivity contribution is 0.628. The number of fused-ring (bicyclic) bond motifs is 1.